The van der Waals surface area contributed by atoms with E-state index in [1.165, 1.54) is 0 Å². The van der Waals surface area contributed by atoms with E-state index in [1.807, 2.05) is 53.4 Å². The van der Waals surface area contributed by atoms with Crippen LogP contribution in [0, 0.1) is 0 Å². The zero-order chi connectivity index (χ0) is 16.2. The largest absolute Gasteiger partial charge is 0.368 e. The SMILES string of the molecule is O=C(Cc1ccccc1)N1CCN(c2ccc(Cl)c(Cl)c2)CC1. The Kier molecular flexibility index (Phi) is 5.09. The van der Waals surface area contributed by atoms with Gasteiger partial charge in [-0.2, -0.15) is 0 Å². The summed E-state index contributed by atoms with van der Waals surface area (Å²) in [4.78, 5) is 16.5. The van der Waals surface area contributed by atoms with Crippen molar-refractivity contribution in [2.75, 3.05) is 31.1 Å². The van der Waals surface area contributed by atoms with Gasteiger partial charge in [-0.05, 0) is 23.8 Å². The molecule has 1 heterocycles. The highest BCUT2D eigenvalue weighted by molar-refractivity contribution is 6.42. The van der Waals surface area contributed by atoms with Gasteiger partial charge in [0.2, 0.25) is 5.91 Å². The molecule has 0 N–H and O–H groups in total. The van der Waals surface area contributed by atoms with Crippen LogP contribution in [0.25, 0.3) is 0 Å². The molecule has 5 heteroatoms. The molecule has 3 nitrogen and oxygen atoms in total. The molecule has 0 bridgehead atoms. The van der Waals surface area contributed by atoms with Crippen molar-refractivity contribution in [1.29, 1.82) is 0 Å². The van der Waals surface area contributed by atoms with Gasteiger partial charge in [-0.1, -0.05) is 53.5 Å². The molecule has 0 radical (unpaired) electrons. The third kappa shape index (κ3) is 3.98. The van der Waals surface area contributed by atoms with Crippen LogP contribution in [0.2, 0.25) is 10.0 Å². The number of nitrogens with zero attached hydrogens (tertiary/aromatic N) is 2. The van der Waals surface area contributed by atoms with Gasteiger partial charge in [0.15, 0.2) is 0 Å². The molecule has 23 heavy (non-hydrogen) atoms. The first-order valence-electron chi connectivity index (χ1n) is 7.65. The maximum absolute atomic E-state index is 12.4. The molecule has 1 aliphatic heterocycles. The van der Waals surface area contributed by atoms with E-state index >= 15 is 0 Å². The number of carbonyl (C=O) groups excluding carboxylic acids is 1. The van der Waals surface area contributed by atoms with Crippen molar-refractivity contribution in [2.45, 2.75) is 6.42 Å². The summed E-state index contributed by atoms with van der Waals surface area (Å²) in [5.41, 5.74) is 2.11. The smallest absolute Gasteiger partial charge is 0.227 e. The van der Waals surface area contributed by atoms with Gasteiger partial charge in [-0.15, -0.1) is 0 Å². The minimum Gasteiger partial charge on any atom is -0.368 e. The van der Waals surface area contributed by atoms with Gasteiger partial charge in [0, 0.05) is 31.9 Å². The van der Waals surface area contributed by atoms with Crippen LogP contribution in [0.1, 0.15) is 5.56 Å². The van der Waals surface area contributed by atoms with Crippen molar-refractivity contribution in [3.05, 3.63) is 64.1 Å². The third-order valence-electron chi connectivity index (χ3n) is 4.10. The number of rotatable bonds is 3. The summed E-state index contributed by atoms with van der Waals surface area (Å²) >= 11 is 12.0. The Balaban J connectivity index is 1.57. The van der Waals surface area contributed by atoms with E-state index in [4.69, 9.17) is 23.2 Å². The Morgan fingerprint density at radius 1 is 0.913 bits per heavy atom. The highest BCUT2D eigenvalue weighted by Gasteiger charge is 2.21. The molecule has 0 aromatic heterocycles. The Labute approximate surface area is 146 Å². The van der Waals surface area contributed by atoms with Crippen LogP contribution < -0.4 is 4.90 Å². The first-order chi connectivity index (χ1) is 11.1. The lowest BCUT2D eigenvalue weighted by molar-refractivity contribution is -0.130. The fraction of sp³-hybridized carbons (Fsp3) is 0.278. The normalized spacial score (nSPS) is 14.9. The number of hydrogen-bond donors (Lipinski definition) is 0. The molecule has 0 spiro atoms. The van der Waals surface area contributed by atoms with Crippen molar-refractivity contribution in [2.24, 2.45) is 0 Å². The van der Waals surface area contributed by atoms with E-state index in [0.29, 0.717) is 16.5 Å². The number of anilines is 1. The first-order valence-corrected chi connectivity index (χ1v) is 8.41. The van der Waals surface area contributed by atoms with Crippen molar-refractivity contribution >= 4 is 34.8 Å². The summed E-state index contributed by atoms with van der Waals surface area (Å²) in [7, 11) is 0. The molecule has 2 aromatic rings. The van der Waals surface area contributed by atoms with Crippen LogP contribution in [0.5, 0.6) is 0 Å². The van der Waals surface area contributed by atoms with E-state index in [1.54, 1.807) is 0 Å². The van der Waals surface area contributed by atoms with Gasteiger partial charge in [0.1, 0.15) is 0 Å². The number of hydrogen-bond acceptors (Lipinski definition) is 2. The maximum Gasteiger partial charge on any atom is 0.227 e. The van der Waals surface area contributed by atoms with Crippen molar-refractivity contribution in [3.63, 3.8) is 0 Å². The van der Waals surface area contributed by atoms with Crippen LogP contribution in [-0.2, 0) is 11.2 Å². The maximum atomic E-state index is 12.4. The van der Waals surface area contributed by atoms with E-state index in [9.17, 15) is 4.79 Å². The molecular weight excluding hydrogens is 331 g/mol. The molecular formula is C18H18Cl2N2O. The molecule has 1 fully saturated rings. The second-order valence-corrected chi connectivity index (χ2v) is 6.44. The zero-order valence-electron chi connectivity index (χ0n) is 12.7. The number of amides is 1. The zero-order valence-corrected chi connectivity index (χ0v) is 14.2. The highest BCUT2D eigenvalue weighted by Crippen LogP contribution is 2.27. The van der Waals surface area contributed by atoms with E-state index < -0.39 is 0 Å². The second kappa shape index (κ2) is 7.24. The fourth-order valence-electron chi connectivity index (χ4n) is 2.78. The van der Waals surface area contributed by atoms with Crippen molar-refractivity contribution < 1.29 is 4.79 Å². The lowest BCUT2D eigenvalue weighted by Gasteiger charge is -2.36. The molecule has 1 saturated heterocycles. The lowest BCUT2D eigenvalue weighted by atomic mass is 10.1. The Hall–Kier alpha value is -1.71. The highest BCUT2D eigenvalue weighted by atomic mass is 35.5. The molecule has 0 saturated carbocycles. The van der Waals surface area contributed by atoms with Gasteiger partial charge in [-0.3, -0.25) is 4.79 Å². The van der Waals surface area contributed by atoms with Crippen LogP contribution in [0.15, 0.2) is 48.5 Å². The second-order valence-electron chi connectivity index (χ2n) is 5.63. The molecule has 2 aromatic carbocycles. The molecule has 3 rings (SSSR count). The van der Waals surface area contributed by atoms with Gasteiger partial charge in [0.25, 0.3) is 0 Å². The van der Waals surface area contributed by atoms with Crippen molar-refractivity contribution in [3.8, 4) is 0 Å². The third-order valence-corrected chi connectivity index (χ3v) is 4.84. The molecule has 120 valence electrons. The van der Waals surface area contributed by atoms with Crippen LogP contribution in [-0.4, -0.2) is 37.0 Å². The van der Waals surface area contributed by atoms with Crippen LogP contribution in [0.4, 0.5) is 5.69 Å². The van der Waals surface area contributed by atoms with Gasteiger partial charge >= 0.3 is 0 Å². The summed E-state index contributed by atoms with van der Waals surface area (Å²) in [6, 6.07) is 15.5. The van der Waals surface area contributed by atoms with Gasteiger partial charge < -0.3 is 9.80 Å². The predicted molar refractivity (Wildman–Crippen MR) is 95.4 cm³/mol. The predicted octanol–water partition coefficient (Wildman–Crippen LogP) is 3.88. The number of piperazine rings is 1. The van der Waals surface area contributed by atoms with Crippen LogP contribution in [0.3, 0.4) is 0 Å². The van der Waals surface area contributed by atoms with E-state index in [-0.39, 0.29) is 5.91 Å². The summed E-state index contributed by atoms with van der Waals surface area (Å²) in [5.74, 6) is 0.185. The molecule has 1 aliphatic rings. The van der Waals surface area contributed by atoms with Crippen LogP contribution >= 0.6 is 23.2 Å². The molecule has 0 unspecified atom stereocenters. The molecule has 1 amide bonds. The number of benzene rings is 2. The van der Waals surface area contributed by atoms with Crippen molar-refractivity contribution in [1.82, 2.24) is 4.90 Å². The average Bonchev–Trinajstić information content (AvgIpc) is 2.58. The Morgan fingerprint density at radius 3 is 2.26 bits per heavy atom. The topological polar surface area (TPSA) is 23.6 Å². The Morgan fingerprint density at radius 2 is 1.61 bits per heavy atom. The van der Waals surface area contributed by atoms with Gasteiger partial charge in [0.05, 0.1) is 16.5 Å². The monoisotopic (exact) mass is 348 g/mol. The minimum absolute atomic E-state index is 0.185. The lowest BCUT2D eigenvalue weighted by Crippen LogP contribution is -2.49. The summed E-state index contributed by atoms with van der Waals surface area (Å²) in [6.45, 7) is 3.06. The summed E-state index contributed by atoms with van der Waals surface area (Å²) in [5, 5.41) is 1.12. The van der Waals surface area contributed by atoms with E-state index in [0.717, 1.165) is 37.4 Å². The number of halogens is 2. The molecule has 0 aliphatic carbocycles. The fourth-order valence-corrected chi connectivity index (χ4v) is 3.07. The minimum atomic E-state index is 0.185. The summed E-state index contributed by atoms with van der Waals surface area (Å²) in [6.07, 6.45) is 0.466. The molecule has 0 atom stereocenters. The first kappa shape index (κ1) is 16.2. The van der Waals surface area contributed by atoms with E-state index in [2.05, 4.69) is 4.90 Å². The standard InChI is InChI=1S/C18H18Cl2N2O/c19-16-7-6-15(13-17(16)20)21-8-10-22(11-9-21)18(23)12-14-4-2-1-3-5-14/h1-7,13H,8-12H2. The Bertz CT molecular complexity index is 683. The quantitative estimate of drug-likeness (QED) is 0.840. The summed E-state index contributed by atoms with van der Waals surface area (Å²) < 4.78 is 0. The average molecular weight is 349 g/mol. The number of carbonyl (C=O) groups is 1. The van der Waals surface area contributed by atoms with Gasteiger partial charge in [-0.25, -0.2) is 0 Å².